The standard InChI is InChI=1S/C16H14ClNO2/c17-15-5-3-11(4-6-15)12-1-2-14-10-18(16(19)20)8-7-13(14)9-12/h1-6,9H,7-8,10H2,(H,19,20). The zero-order valence-electron chi connectivity index (χ0n) is 10.8. The van der Waals surface area contributed by atoms with E-state index in [4.69, 9.17) is 16.7 Å². The molecular formula is C16H14ClNO2. The van der Waals surface area contributed by atoms with Crippen molar-refractivity contribution in [1.82, 2.24) is 4.90 Å². The molecule has 1 N–H and O–H groups in total. The van der Waals surface area contributed by atoms with Gasteiger partial charge in [0.1, 0.15) is 0 Å². The lowest BCUT2D eigenvalue weighted by Gasteiger charge is -2.26. The summed E-state index contributed by atoms with van der Waals surface area (Å²) in [5.41, 5.74) is 4.59. The van der Waals surface area contributed by atoms with Crippen molar-refractivity contribution in [3.05, 3.63) is 58.6 Å². The van der Waals surface area contributed by atoms with E-state index in [2.05, 4.69) is 6.07 Å². The fourth-order valence-electron chi connectivity index (χ4n) is 2.54. The number of carboxylic acid groups (broad SMARTS) is 1. The first-order chi connectivity index (χ1) is 9.63. The second-order valence-corrected chi connectivity index (χ2v) is 5.38. The second-order valence-electron chi connectivity index (χ2n) is 4.94. The predicted molar refractivity (Wildman–Crippen MR) is 79.0 cm³/mol. The van der Waals surface area contributed by atoms with Gasteiger partial charge in [-0.1, -0.05) is 41.9 Å². The zero-order valence-corrected chi connectivity index (χ0v) is 11.6. The number of nitrogens with zero attached hydrogens (tertiary/aromatic N) is 1. The molecular weight excluding hydrogens is 274 g/mol. The molecule has 2 aromatic carbocycles. The summed E-state index contributed by atoms with van der Waals surface area (Å²) in [6.07, 6.45) is -0.0827. The molecule has 0 unspecified atom stereocenters. The van der Waals surface area contributed by atoms with Crippen molar-refractivity contribution < 1.29 is 9.90 Å². The van der Waals surface area contributed by atoms with Crippen LogP contribution in [-0.4, -0.2) is 22.6 Å². The first-order valence-electron chi connectivity index (χ1n) is 6.49. The molecule has 0 saturated heterocycles. The summed E-state index contributed by atoms with van der Waals surface area (Å²) < 4.78 is 0. The minimum absolute atomic E-state index is 0.478. The van der Waals surface area contributed by atoms with Crippen LogP contribution < -0.4 is 0 Å². The van der Waals surface area contributed by atoms with E-state index in [0.717, 1.165) is 28.1 Å². The Morgan fingerprint density at radius 3 is 2.45 bits per heavy atom. The van der Waals surface area contributed by atoms with Gasteiger partial charge in [0.05, 0.1) is 0 Å². The van der Waals surface area contributed by atoms with Gasteiger partial charge in [-0.2, -0.15) is 0 Å². The van der Waals surface area contributed by atoms with E-state index in [1.807, 2.05) is 36.4 Å². The number of rotatable bonds is 1. The van der Waals surface area contributed by atoms with Crippen LogP contribution in [-0.2, 0) is 13.0 Å². The Kier molecular flexibility index (Phi) is 3.36. The van der Waals surface area contributed by atoms with E-state index < -0.39 is 6.09 Å². The number of hydrogen-bond acceptors (Lipinski definition) is 1. The lowest BCUT2D eigenvalue weighted by atomic mass is 9.95. The Hall–Kier alpha value is -2.00. The van der Waals surface area contributed by atoms with Crippen LogP contribution in [0.2, 0.25) is 5.02 Å². The van der Waals surface area contributed by atoms with Crippen LogP contribution in [0.25, 0.3) is 11.1 Å². The largest absolute Gasteiger partial charge is 0.465 e. The SMILES string of the molecule is O=C(O)N1CCc2cc(-c3ccc(Cl)cc3)ccc2C1. The number of hydrogen-bond donors (Lipinski definition) is 1. The summed E-state index contributed by atoms with van der Waals surface area (Å²) in [7, 11) is 0. The van der Waals surface area contributed by atoms with Crippen molar-refractivity contribution in [2.45, 2.75) is 13.0 Å². The van der Waals surface area contributed by atoms with Crippen LogP contribution in [0.3, 0.4) is 0 Å². The number of fused-ring (bicyclic) bond motifs is 1. The molecule has 0 aromatic heterocycles. The molecule has 1 aliphatic heterocycles. The van der Waals surface area contributed by atoms with E-state index in [0.29, 0.717) is 13.1 Å². The molecule has 102 valence electrons. The maximum atomic E-state index is 11.0. The summed E-state index contributed by atoms with van der Waals surface area (Å²) in [5, 5.41) is 9.76. The quantitative estimate of drug-likeness (QED) is 0.860. The fraction of sp³-hybridized carbons (Fsp3) is 0.188. The molecule has 0 spiro atoms. The summed E-state index contributed by atoms with van der Waals surface area (Å²) >= 11 is 5.90. The van der Waals surface area contributed by atoms with Gasteiger partial charge in [0.25, 0.3) is 0 Å². The van der Waals surface area contributed by atoms with Crippen molar-refractivity contribution in [2.24, 2.45) is 0 Å². The molecule has 1 aliphatic rings. The molecule has 0 radical (unpaired) electrons. The number of benzene rings is 2. The van der Waals surface area contributed by atoms with Crippen LogP contribution in [0.15, 0.2) is 42.5 Å². The highest BCUT2D eigenvalue weighted by Crippen LogP contribution is 2.27. The van der Waals surface area contributed by atoms with E-state index in [1.54, 1.807) is 0 Å². The smallest absolute Gasteiger partial charge is 0.407 e. The fourth-order valence-corrected chi connectivity index (χ4v) is 2.66. The molecule has 3 nitrogen and oxygen atoms in total. The Labute approximate surface area is 122 Å². The monoisotopic (exact) mass is 287 g/mol. The summed E-state index contributed by atoms with van der Waals surface area (Å²) in [6, 6.07) is 14.0. The molecule has 2 aromatic rings. The third-order valence-corrected chi connectivity index (χ3v) is 3.92. The summed E-state index contributed by atoms with van der Waals surface area (Å²) in [4.78, 5) is 12.4. The van der Waals surface area contributed by atoms with Crippen LogP contribution in [0.5, 0.6) is 0 Å². The molecule has 0 atom stereocenters. The van der Waals surface area contributed by atoms with Crippen LogP contribution in [0.1, 0.15) is 11.1 Å². The normalized spacial score (nSPS) is 13.9. The minimum Gasteiger partial charge on any atom is -0.465 e. The molecule has 0 saturated carbocycles. The van der Waals surface area contributed by atoms with Crippen molar-refractivity contribution >= 4 is 17.7 Å². The lowest BCUT2D eigenvalue weighted by Crippen LogP contribution is -2.34. The lowest BCUT2D eigenvalue weighted by molar-refractivity contribution is 0.140. The van der Waals surface area contributed by atoms with Crippen molar-refractivity contribution in [2.75, 3.05) is 6.54 Å². The Morgan fingerprint density at radius 1 is 1.05 bits per heavy atom. The van der Waals surface area contributed by atoms with E-state index in [9.17, 15) is 4.79 Å². The van der Waals surface area contributed by atoms with Gasteiger partial charge in [0.15, 0.2) is 0 Å². The van der Waals surface area contributed by atoms with Gasteiger partial charge in [-0.25, -0.2) is 4.79 Å². The van der Waals surface area contributed by atoms with Crippen molar-refractivity contribution in [1.29, 1.82) is 0 Å². The molecule has 1 amide bonds. The van der Waals surface area contributed by atoms with Gasteiger partial charge < -0.3 is 10.0 Å². The Balaban J connectivity index is 1.91. The summed E-state index contributed by atoms with van der Waals surface area (Å²) in [6.45, 7) is 1.04. The first kappa shape index (κ1) is 13.0. The third-order valence-electron chi connectivity index (χ3n) is 3.67. The zero-order chi connectivity index (χ0) is 14.1. The topological polar surface area (TPSA) is 40.5 Å². The minimum atomic E-state index is -0.850. The third kappa shape index (κ3) is 2.49. The van der Waals surface area contributed by atoms with Gasteiger partial charge in [-0.3, -0.25) is 0 Å². The molecule has 0 fully saturated rings. The molecule has 0 aliphatic carbocycles. The molecule has 1 heterocycles. The van der Waals surface area contributed by atoms with Crippen LogP contribution in [0.4, 0.5) is 4.79 Å². The highest BCUT2D eigenvalue weighted by molar-refractivity contribution is 6.30. The average Bonchev–Trinajstić information content (AvgIpc) is 2.47. The van der Waals surface area contributed by atoms with Crippen molar-refractivity contribution in [3.8, 4) is 11.1 Å². The van der Waals surface area contributed by atoms with Crippen LogP contribution in [0, 0.1) is 0 Å². The number of carbonyl (C=O) groups is 1. The van der Waals surface area contributed by atoms with E-state index >= 15 is 0 Å². The molecule has 0 bridgehead atoms. The average molecular weight is 288 g/mol. The highest BCUT2D eigenvalue weighted by Gasteiger charge is 2.20. The first-order valence-corrected chi connectivity index (χ1v) is 6.87. The second kappa shape index (κ2) is 5.17. The van der Waals surface area contributed by atoms with Crippen molar-refractivity contribution in [3.63, 3.8) is 0 Å². The number of halogens is 1. The van der Waals surface area contributed by atoms with Gasteiger partial charge in [0.2, 0.25) is 0 Å². The predicted octanol–water partition coefficient (Wildman–Crippen LogP) is 4.04. The maximum absolute atomic E-state index is 11.0. The van der Waals surface area contributed by atoms with E-state index in [1.165, 1.54) is 10.5 Å². The summed E-state index contributed by atoms with van der Waals surface area (Å²) in [5.74, 6) is 0. The molecule has 3 rings (SSSR count). The van der Waals surface area contributed by atoms with Gasteiger partial charge in [0, 0.05) is 18.1 Å². The van der Waals surface area contributed by atoms with Gasteiger partial charge >= 0.3 is 6.09 Å². The molecule has 4 heteroatoms. The Bertz CT molecular complexity index is 652. The van der Waals surface area contributed by atoms with Gasteiger partial charge in [-0.15, -0.1) is 0 Å². The molecule has 20 heavy (non-hydrogen) atoms. The number of amides is 1. The highest BCUT2D eigenvalue weighted by atomic mass is 35.5. The van der Waals surface area contributed by atoms with Gasteiger partial charge in [-0.05, 0) is 40.8 Å². The maximum Gasteiger partial charge on any atom is 0.407 e. The Morgan fingerprint density at radius 2 is 1.75 bits per heavy atom. The van der Waals surface area contributed by atoms with Crippen LogP contribution >= 0.6 is 11.6 Å². The van der Waals surface area contributed by atoms with E-state index in [-0.39, 0.29) is 0 Å².